The first-order valence-corrected chi connectivity index (χ1v) is 10.9. The van der Waals surface area contributed by atoms with Gasteiger partial charge in [-0.3, -0.25) is 0 Å². The van der Waals surface area contributed by atoms with Gasteiger partial charge in [0.1, 0.15) is 0 Å². The maximum Gasteiger partial charge on any atom is 0.200 e. The summed E-state index contributed by atoms with van der Waals surface area (Å²) in [6.07, 6.45) is 21.0. The van der Waals surface area contributed by atoms with Crippen molar-refractivity contribution in [2.24, 2.45) is 0 Å². The molecule has 3 N–H and O–H groups in total. The summed E-state index contributed by atoms with van der Waals surface area (Å²) < 4.78 is 0. The molecule has 1 aromatic carbocycles. The van der Waals surface area contributed by atoms with Gasteiger partial charge in [0.15, 0.2) is 17.2 Å². The molecule has 0 saturated heterocycles. The van der Waals surface area contributed by atoms with Crippen molar-refractivity contribution in [1.29, 1.82) is 0 Å². The van der Waals surface area contributed by atoms with Crippen molar-refractivity contribution >= 4 is 0 Å². The minimum atomic E-state index is -0.426. The Labute approximate surface area is 160 Å². The highest BCUT2D eigenvalue weighted by Gasteiger charge is 2.07. The standard InChI is InChI=1S/C23H40O3/c1-2-3-4-5-6-7-8-9-10-11-12-13-14-15-16-17-20-18-21(24)23(26)22(25)19-20/h18-19,24-26H,2-17H2,1H3. The average molecular weight is 365 g/mol. The normalized spacial score (nSPS) is 11.1. The van der Waals surface area contributed by atoms with Gasteiger partial charge < -0.3 is 15.3 Å². The summed E-state index contributed by atoms with van der Waals surface area (Å²) in [4.78, 5) is 0. The number of benzene rings is 1. The van der Waals surface area contributed by atoms with Crippen LogP contribution in [0.3, 0.4) is 0 Å². The van der Waals surface area contributed by atoms with Crippen LogP contribution in [0.1, 0.15) is 109 Å². The number of rotatable bonds is 16. The predicted octanol–water partition coefficient (Wildman–Crippen LogP) is 7.22. The zero-order valence-electron chi connectivity index (χ0n) is 16.8. The summed E-state index contributed by atoms with van der Waals surface area (Å²) in [6, 6.07) is 3.08. The molecule has 0 aromatic heterocycles. The minimum absolute atomic E-state index is 0.235. The van der Waals surface area contributed by atoms with E-state index in [9.17, 15) is 15.3 Å². The van der Waals surface area contributed by atoms with Gasteiger partial charge in [-0.2, -0.15) is 0 Å². The highest BCUT2D eigenvalue weighted by molar-refractivity contribution is 5.51. The van der Waals surface area contributed by atoms with Crippen molar-refractivity contribution in [2.75, 3.05) is 0 Å². The molecule has 0 fully saturated rings. The van der Waals surface area contributed by atoms with E-state index >= 15 is 0 Å². The van der Waals surface area contributed by atoms with Gasteiger partial charge in [0.05, 0.1) is 0 Å². The molecule has 0 saturated carbocycles. The number of aromatic hydroxyl groups is 3. The molecule has 150 valence electrons. The van der Waals surface area contributed by atoms with Crippen LogP contribution in [0.2, 0.25) is 0 Å². The van der Waals surface area contributed by atoms with Gasteiger partial charge in [0.25, 0.3) is 0 Å². The summed E-state index contributed by atoms with van der Waals surface area (Å²) in [5.74, 6) is -0.896. The van der Waals surface area contributed by atoms with E-state index in [1.165, 1.54) is 89.9 Å². The zero-order valence-corrected chi connectivity index (χ0v) is 16.8. The van der Waals surface area contributed by atoms with Crippen molar-refractivity contribution < 1.29 is 15.3 Å². The summed E-state index contributed by atoms with van der Waals surface area (Å²) in [5, 5.41) is 28.3. The summed E-state index contributed by atoms with van der Waals surface area (Å²) in [5.41, 5.74) is 0.882. The van der Waals surface area contributed by atoms with E-state index in [1.807, 2.05) is 0 Å². The third kappa shape index (κ3) is 10.6. The van der Waals surface area contributed by atoms with E-state index < -0.39 is 5.75 Å². The number of phenolic OH excluding ortho intramolecular Hbond substituents is 3. The Morgan fingerprint density at radius 3 is 1.27 bits per heavy atom. The SMILES string of the molecule is CCCCCCCCCCCCCCCCCc1cc(O)c(O)c(O)c1. The first kappa shape index (κ1) is 22.7. The van der Waals surface area contributed by atoms with Crippen LogP contribution < -0.4 is 0 Å². The first-order chi connectivity index (χ1) is 12.6. The molecule has 1 rings (SSSR count). The quantitative estimate of drug-likeness (QED) is 0.214. The lowest BCUT2D eigenvalue weighted by molar-refractivity contribution is 0.367. The lowest BCUT2D eigenvalue weighted by Crippen LogP contribution is -1.87. The summed E-state index contributed by atoms with van der Waals surface area (Å²) >= 11 is 0. The van der Waals surface area contributed by atoms with Crippen molar-refractivity contribution in [1.82, 2.24) is 0 Å². The molecule has 0 atom stereocenters. The Kier molecular flexibility index (Phi) is 12.9. The van der Waals surface area contributed by atoms with Crippen LogP contribution >= 0.6 is 0 Å². The maximum atomic E-state index is 9.50. The second kappa shape index (κ2) is 14.8. The summed E-state index contributed by atoms with van der Waals surface area (Å²) in [6.45, 7) is 2.27. The summed E-state index contributed by atoms with van der Waals surface area (Å²) in [7, 11) is 0. The van der Waals surface area contributed by atoms with E-state index in [1.54, 1.807) is 12.1 Å². The number of hydrogen-bond donors (Lipinski definition) is 3. The molecular formula is C23H40O3. The molecule has 3 nitrogen and oxygen atoms in total. The maximum absolute atomic E-state index is 9.50. The van der Waals surface area contributed by atoms with E-state index in [-0.39, 0.29) is 11.5 Å². The second-order valence-corrected chi connectivity index (χ2v) is 7.68. The van der Waals surface area contributed by atoms with Crippen molar-refractivity contribution in [3.8, 4) is 17.2 Å². The molecule has 0 unspecified atom stereocenters. The van der Waals surface area contributed by atoms with Crippen molar-refractivity contribution in [2.45, 2.75) is 110 Å². The van der Waals surface area contributed by atoms with Crippen molar-refractivity contribution in [3.63, 3.8) is 0 Å². The van der Waals surface area contributed by atoms with Gasteiger partial charge in [-0.25, -0.2) is 0 Å². The van der Waals surface area contributed by atoms with Gasteiger partial charge in [-0.15, -0.1) is 0 Å². The smallest absolute Gasteiger partial charge is 0.200 e. The lowest BCUT2D eigenvalue weighted by Gasteiger charge is -2.06. The highest BCUT2D eigenvalue weighted by Crippen LogP contribution is 2.35. The molecule has 0 aliphatic rings. The Morgan fingerprint density at radius 1 is 0.538 bits per heavy atom. The number of unbranched alkanes of at least 4 members (excludes halogenated alkanes) is 14. The number of aryl methyl sites for hydroxylation is 1. The third-order valence-corrected chi connectivity index (χ3v) is 5.20. The fraction of sp³-hybridized carbons (Fsp3) is 0.739. The van der Waals surface area contributed by atoms with Gasteiger partial charge >= 0.3 is 0 Å². The molecule has 1 aromatic rings. The van der Waals surface area contributed by atoms with Crippen LogP contribution in [0, 0.1) is 0 Å². The molecule has 3 heteroatoms. The van der Waals surface area contributed by atoms with Gasteiger partial charge in [-0.05, 0) is 30.5 Å². The van der Waals surface area contributed by atoms with Crippen molar-refractivity contribution in [3.05, 3.63) is 17.7 Å². The van der Waals surface area contributed by atoms with Crippen LogP contribution in [0.25, 0.3) is 0 Å². The minimum Gasteiger partial charge on any atom is -0.504 e. The zero-order chi connectivity index (χ0) is 19.0. The third-order valence-electron chi connectivity index (χ3n) is 5.20. The Hall–Kier alpha value is -1.38. The molecule has 0 amide bonds. The average Bonchev–Trinajstić information content (AvgIpc) is 2.62. The van der Waals surface area contributed by atoms with Crippen LogP contribution in [0.4, 0.5) is 0 Å². The van der Waals surface area contributed by atoms with Gasteiger partial charge in [0.2, 0.25) is 0 Å². The first-order valence-electron chi connectivity index (χ1n) is 10.9. The van der Waals surface area contributed by atoms with Crippen LogP contribution in [0.5, 0.6) is 17.2 Å². The lowest BCUT2D eigenvalue weighted by atomic mass is 10.0. The number of hydrogen-bond acceptors (Lipinski definition) is 3. The molecule has 0 aliphatic heterocycles. The Morgan fingerprint density at radius 2 is 0.885 bits per heavy atom. The fourth-order valence-electron chi connectivity index (χ4n) is 3.51. The molecule has 0 spiro atoms. The van der Waals surface area contributed by atoms with E-state index in [2.05, 4.69) is 6.92 Å². The number of phenols is 3. The van der Waals surface area contributed by atoms with E-state index in [4.69, 9.17) is 0 Å². The van der Waals surface area contributed by atoms with Crippen LogP contribution in [0.15, 0.2) is 12.1 Å². The molecule has 0 heterocycles. The molecular weight excluding hydrogens is 324 g/mol. The fourth-order valence-corrected chi connectivity index (χ4v) is 3.51. The van der Waals surface area contributed by atoms with Crippen LogP contribution in [-0.2, 0) is 6.42 Å². The van der Waals surface area contributed by atoms with E-state index in [0.29, 0.717) is 0 Å². The van der Waals surface area contributed by atoms with Gasteiger partial charge in [-0.1, -0.05) is 96.8 Å². The Bertz CT molecular complexity index is 448. The van der Waals surface area contributed by atoms with E-state index in [0.717, 1.165) is 18.4 Å². The topological polar surface area (TPSA) is 60.7 Å². The highest BCUT2D eigenvalue weighted by atomic mass is 16.3. The Balaban J connectivity index is 1.87. The van der Waals surface area contributed by atoms with Crippen LogP contribution in [-0.4, -0.2) is 15.3 Å². The predicted molar refractivity (Wildman–Crippen MR) is 110 cm³/mol. The molecule has 0 aliphatic carbocycles. The largest absolute Gasteiger partial charge is 0.504 e. The molecule has 0 radical (unpaired) electrons. The molecule has 26 heavy (non-hydrogen) atoms. The molecule has 0 bridgehead atoms. The monoisotopic (exact) mass is 364 g/mol. The second-order valence-electron chi connectivity index (χ2n) is 7.68. The van der Waals surface area contributed by atoms with Gasteiger partial charge in [0, 0.05) is 0 Å².